The van der Waals surface area contributed by atoms with Crippen LogP contribution in [0.15, 0.2) is 42.9 Å². The van der Waals surface area contributed by atoms with Gasteiger partial charge in [-0.3, -0.25) is 4.40 Å². The van der Waals surface area contributed by atoms with Gasteiger partial charge < -0.3 is 9.47 Å². The zero-order chi connectivity index (χ0) is 14.8. The topological polar surface area (TPSA) is 65.7 Å². The van der Waals surface area contributed by atoms with Crippen molar-refractivity contribution >= 4 is 11.6 Å². The molecule has 0 saturated heterocycles. The minimum Gasteiger partial charge on any atom is -0.481 e. The highest BCUT2D eigenvalue weighted by atomic mass is 16.5. The number of rotatable bonds is 3. The van der Waals surface area contributed by atoms with E-state index in [1.54, 1.807) is 37.8 Å². The smallest absolute Gasteiger partial charge is 0.338 e. The average Bonchev–Trinajstić information content (AvgIpc) is 2.96. The van der Waals surface area contributed by atoms with Crippen molar-refractivity contribution in [3.8, 4) is 17.1 Å². The summed E-state index contributed by atoms with van der Waals surface area (Å²) in [7, 11) is 2.93. The monoisotopic (exact) mass is 283 g/mol. The van der Waals surface area contributed by atoms with Gasteiger partial charge in [0, 0.05) is 12.4 Å². The second-order valence-corrected chi connectivity index (χ2v) is 4.34. The zero-order valence-electron chi connectivity index (χ0n) is 11.6. The van der Waals surface area contributed by atoms with E-state index in [-0.39, 0.29) is 5.97 Å². The molecule has 3 aromatic rings. The Labute approximate surface area is 121 Å². The third kappa shape index (κ3) is 2.20. The van der Waals surface area contributed by atoms with E-state index in [9.17, 15) is 4.79 Å². The molecule has 0 aromatic carbocycles. The lowest BCUT2D eigenvalue weighted by Crippen LogP contribution is -2.02. The quantitative estimate of drug-likeness (QED) is 0.689. The van der Waals surface area contributed by atoms with Crippen molar-refractivity contribution in [3.05, 3.63) is 48.4 Å². The van der Waals surface area contributed by atoms with Crippen molar-refractivity contribution in [2.24, 2.45) is 0 Å². The Morgan fingerprint density at radius 1 is 1.24 bits per heavy atom. The van der Waals surface area contributed by atoms with Crippen LogP contribution in [0, 0.1) is 0 Å². The van der Waals surface area contributed by atoms with Crippen molar-refractivity contribution in [2.45, 2.75) is 0 Å². The van der Waals surface area contributed by atoms with Crippen LogP contribution in [0.25, 0.3) is 16.9 Å². The molecule has 0 radical (unpaired) electrons. The molecule has 0 bridgehead atoms. The summed E-state index contributed by atoms with van der Waals surface area (Å²) in [6, 6.07) is 7.11. The molecule has 0 aliphatic rings. The third-order valence-corrected chi connectivity index (χ3v) is 3.17. The minimum atomic E-state index is -0.388. The summed E-state index contributed by atoms with van der Waals surface area (Å²) in [5, 5.41) is 0. The van der Waals surface area contributed by atoms with Crippen molar-refractivity contribution < 1.29 is 14.3 Å². The van der Waals surface area contributed by atoms with Gasteiger partial charge in [0.1, 0.15) is 5.65 Å². The van der Waals surface area contributed by atoms with Gasteiger partial charge in [0.2, 0.25) is 5.88 Å². The van der Waals surface area contributed by atoms with Crippen LogP contribution < -0.4 is 4.74 Å². The van der Waals surface area contributed by atoms with Gasteiger partial charge in [-0.2, -0.15) is 0 Å². The molecule has 3 aromatic heterocycles. The maximum absolute atomic E-state index is 11.5. The first kappa shape index (κ1) is 13.1. The van der Waals surface area contributed by atoms with Gasteiger partial charge in [0.05, 0.1) is 37.2 Å². The number of methoxy groups -OCH3 is 2. The van der Waals surface area contributed by atoms with Crippen molar-refractivity contribution in [2.75, 3.05) is 14.2 Å². The number of ether oxygens (including phenoxy) is 2. The highest BCUT2D eigenvalue weighted by Crippen LogP contribution is 2.28. The Morgan fingerprint density at radius 2 is 2.10 bits per heavy atom. The number of nitrogens with zero attached hydrogens (tertiary/aromatic N) is 3. The van der Waals surface area contributed by atoms with E-state index < -0.39 is 0 Å². The number of imidazole rings is 1. The highest BCUT2D eigenvalue weighted by molar-refractivity contribution is 5.90. The fourth-order valence-corrected chi connectivity index (χ4v) is 2.17. The highest BCUT2D eigenvalue weighted by Gasteiger charge is 2.13. The Morgan fingerprint density at radius 3 is 2.86 bits per heavy atom. The normalized spacial score (nSPS) is 10.6. The Hall–Kier alpha value is -2.89. The van der Waals surface area contributed by atoms with Crippen molar-refractivity contribution in [1.29, 1.82) is 0 Å². The van der Waals surface area contributed by atoms with Crippen LogP contribution in [-0.4, -0.2) is 34.6 Å². The molecular formula is C15H13N3O3. The first-order valence-electron chi connectivity index (χ1n) is 6.29. The predicted molar refractivity (Wildman–Crippen MR) is 76.3 cm³/mol. The number of carbonyl (C=O) groups excluding carboxylic acids is 1. The van der Waals surface area contributed by atoms with Crippen molar-refractivity contribution in [3.63, 3.8) is 0 Å². The molecule has 6 nitrogen and oxygen atoms in total. The summed E-state index contributed by atoms with van der Waals surface area (Å²) >= 11 is 0. The summed E-state index contributed by atoms with van der Waals surface area (Å²) in [6.07, 6.45) is 5.16. The molecular weight excluding hydrogens is 270 g/mol. The Kier molecular flexibility index (Phi) is 3.27. The lowest BCUT2D eigenvalue weighted by atomic mass is 10.2. The van der Waals surface area contributed by atoms with E-state index in [4.69, 9.17) is 9.47 Å². The molecule has 0 spiro atoms. The van der Waals surface area contributed by atoms with Gasteiger partial charge in [0.25, 0.3) is 0 Å². The third-order valence-electron chi connectivity index (χ3n) is 3.17. The van der Waals surface area contributed by atoms with E-state index in [0.717, 1.165) is 11.3 Å². The molecule has 106 valence electrons. The van der Waals surface area contributed by atoms with Crippen LogP contribution in [0.3, 0.4) is 0 Å². The van der Waals surface area contributed by atoms with E-state index in [2.05, 4.69) is 9.97 Å². The van der Waals surface area contributed by atoms with Gasteiger partial charge >= 0.3 is 5.97 Å². The zero-order valence-corrected chi connectivity index (χ0v) is 11.6. The standard InChI is InChI=1S/C15H13N3O3/c1-20-14-11(4-3-6-16-14)12-9-17-13-8-10(15(19)21-2)5-7-18(12)13/h3-9H,1-2H3. The van der Waals surface area contributed by atoms with Gasteiger partial charge in [-0.1, -0.05) is 0 Å². The van der Waals surface area contributed by atoms with E-state index in [1.807, 2.05) is 16.5 Å². The number of pyridine rings is 2. The molecule has 0 aliphatic carbocycles. The van der Waals surface area contributed by atoms with Gasteiger partial charge in [-0.05, 0) is 24.3 Å². The SMILES string of the molecule is COC(=O)c1ccn2c(-c3cccnc3OC)cnc2c1. The lowest BCUT2D eigenvalue weighted by molar-refractivity contribution is 0.0600. The van der Waals surface area contributed by atoms with E-state index in [0.29, 0.717) is 17.1 Å². The average molecular weight is 283 g/mol. The summed E-state index contributed by atoms with van der Waals surface area (Å²) < 4.78 is 11.8. The molecule has 3 rings (SSSR count). The van der Waals surface area contributed by atoms with Gasteiger partial charge in [-0.25, -0.2) is 14.8 Å². The molecule has 0 atom stereocenters. The fourth-order valence-electron chi connectivity index (χ4n) is 2.17. The molecule has 21 heavy (non-hydrogen) atoms. The summed E-state index contributed by atoms with van der Waals surface area (Å²) in [5.41, 5.74) is 2.78. The van der Waals surface area contributed by atoms with Crippen LogP contribution >= 0.6 is 0 Å². The van der Waals surface area contributed by atoms with Gasteiger partial charge in [0.15, 0.2) is 0 Å². The number of hydrogen-bond acceptors (Lipinski definition) is 5. The minimum absolute atomic E-state index is 0.388. The summed E-state index contributed by atoms with van der Waals surface area (Å²) in [6.45, 7) is 0. The maximum atomic E-state index is 11.5. The summed E-state index contributed by atoms with van der Waals surface area (Å²) in [4.78, 5) is 20.0. The molecule has 0 aliphatic heterocycles. The Balaban J connectivity index is 2.15. The van der Waals surface area contributed by atoms with Gasteiger partial charge in [-0.15, -0.1) is 0 Å². The second kappa shape index (κ2) is 5.24. The summed E-state index contributed by atoms with van der Waals surface area (Å²) in [5.74, 6) is 0.136. The van der Waals surface area contributed by atoms with E-state index in [1.165, 1.54) is 7.11 Å². The van der Waals surface area contributed by atoms with E-state index >= 15 is 0 Å². The molecule has 6 heteroatoms. The lowest BCUT2D eigenvalue weighted by Gasteiger charge is -2.07. The maximum Gasteiger partial charge on any atom is 0.338 e. The first-order valence-corrected chi connectivity index (χ1v) is 6.29. The van der Waals surface area contributed by atoms with Crippen molar-refractivity contribution in [1.82, 2.24) is 14.4 Å². The molecule has 0 unspecified atom stereocenters. The number of esters is 1. The molecule has 0 saturated carbocycles. The molecule has 0 N–H and O–H groups in total. The first-order chi connectivity index (χ1) is 10.2. The number of fused-ring (bicyclic) bond motifs is 1. The molecule has 0 fully saturated rings. The number of hydrogen-bond donors (Lipinski definition) is 0. The van der Waals surface area contributed by atoms with Crippen LogP contribution in [-0.2, 0) is 4.74 Å². The molecule has 0 amide bonds. The van der Waals surface area contributed by atoms with Crippen LogP contribution in [0.2, 0.25) is 0 Å². The number of carbonyl (C=O) groups is 1. The Bertz CT molecular complexity index is 811. The largest absolute Gasteiger partial charge is 0.481 e. The molecule has 3 heterocycles. The number of aromatic nitrogens is 3. The fraction of sp³-hybridized carbons (Fsp3) is 0.133. The van der Waals surface area contributed by atoms with Crippen LogP contribution in [0.5, 0.6) is 5.88 Å². The van der Waals surface area contributed by atoms with Crippen LogP contribution in [0.4, 0.5) is 0 Å². The predicted octanol–water partition coefficient (Wildman–Crippen LogP) is 2.19. The van der Waals surface area contributed by atoms with Crippen LogP contribution in [0.1, 0.15) is 10.4 Å². The second-order valence-electron chi connectivity index (χ2n) is 4.34.